The van der Waals surface area contributed by atoms with Crippen LogP contribution >= 0.6 is 0 Å². The lowest BCUT2D eigenvalue weighted by molar-refractivity contribution is -0.138. The maximum absolute atomic E-state index is 12.4. The second-order valence-corrected chi connectivity index (χ2v) is 5.94. The number of carbonyl (C=O) groups is 1. The summed E-state index contributed by atoms with van der Waals surface area (Å²) in [6, 6.07) is 1.40. The van der Waals surface area contributed by atoms with E-state index in [1.165, 1.54) is 6.42 Å². The van der Waals surface area contributed by atoms with E-state index in [1.807, 2.05) is 7.05 Å². The van der Waals surface area contributed by atoms with Gasteiger partial charge in [0, 0.05) is 31.2 Å². The van der Waals surface area contributed by atoms with Gasteiger partial charge in [-0.3, -0.25) is 9.69 Å². The molecule has 4 nitrogen and oxygen atoms in total. The highest BCUT2D eigenvalue weighted by Gasteiger charge is 2.31. The van der Waals surface area contributed by atoms with Crippen molar-refractivity contribution in [2.75, 3.05) is 26.7 Å². The largest absolute Gasteiger partial charge is 0.336 e. The van der Waals surface area contributed by atoms with Crippen LogP contribution < -0.4 is 5.32 Å². The molecule has 0 spiro atoms. The monoisotopic (exact) mass is 253 g/mol. The number of nitrogens with zero attached hydrogens (tertiary/aromatic N) is 2. The first-order valence-corrected chi connectivity index (χ1v) is 7.32. The third kappa shape index (κ3) is 3.04. The highest BCUT2D eigenvalue weighted by Crippen LogP contribution is 2.23. The van der Waals surface area contributed by atoms with Crippen molar-refractivity contribution in [1.82, 2.24) is 15.1 Å². The number of nitrogens with one attached hydrogen (secondary N) is 1. The summed E-state index contributed by atoms with van der Waals surface area (Å²) in [5.74, 6) is 0.325. The number of piperidine rings is 1. The summed E-state index contributed by atoms with van der Waals surface area (Å²) in [5.41, 5.74) is 0. The second-order valence-electron chi connectivity index (χ2n) is 5.94. The van der Waals surface area contributed by atoms with Gasteiger partial charge in [-0.15, -0.1) is 0 Å². The summed E-state index contributed by atoms with van der Waals surface area (Å²) in [4.78, 5) is 16.8. The fraction of sp³-hybridized carbons (Fsp3) is 0.929. The normalized spacial score (nSPS) is 33.9. The van der Waals surface area contributed by atoms with Crippen LogP contribution in [-0.4, -0.2) is 60.5 Å². The molecule has 2 aliphatic heterocycles. The number of hydrogen-bond acceptors (Lipinski definition) is 3. The molecule has 4 heteroatoms. The zero-order valence-electron chi connectivity index (χ0n) is 12.0. The molecule has 0 radical (unpaired) electrons. The lowest BCUT2D eigenvalue weighted by atomic mass is 9.97. The van der Waals surface area contributed by atoms with E-state index < -0.39 is 0 Å². The lowest BCUT2D eigenvalue weighted by Gasteiger charge is -2.39. The van der Waals surface area contributed by atoms with E-state index in [4.69, 9.17) is 0 Å². The molecule has 1 amide bonds. The molecular weight excluding hydrogens is 226 g/mol. The molecule has 1 N–H and O–H groups in total. The Morgan fingerprint density at radius 1 is 1.22 bits per heavy atom. The van der Waals surface area contributed by atoms with Gasteiger partial charge in [0.2, 0.25) is 5.91 Å². The van der Waals surface area contributed by atoms with Gasteiger partial charge in [-0.1, -0.05) is 0 Å². The lowest BCUT2D eigenvalue weighted by Crippen LogP contribution is -2.51. The van der Waals surface area contributed by atoms with Crippen molar-refractivity contribution >= 4 is 5.91 Å². The number of amides is 1. The molecule has 0 saturated carbocycles. The first-order valence-electron chi connectivity index (χ1n) is 7.32. The summed E-state index contributed by atoms with van der Waals surface area (Å²) >= 11 is 0. The Bertz CT molecular complexity index is 285. The average molecular weight is 253 g/mol. The van der Waals surface area contributed by atoms with Crippen molar-refractivity contribution in [2.24, 2.45) is 0 Å². The topological polar surface area (TPSA) is 35.6 Å². The molecular formula is C14H27N3O. The molecule has 18 heavy (non-hydrogen) atoms. The van der Waals surface area contributed by atoms with E-state index in [0.29, 0.717) is 30.6 Å². The summed E-state index contributed by atoms with van der Waals surface area (Å²) in [7, 11) is 2.00. The van der Waals surface area contributed by atoms with Crippen molar-refractivity contribution in [1.29, 1.82) is 0 Å². The average Bonchev–Trinajstić information content (AvgIpc) is 2.76. The van der Waals surface area contributed by atoms with E-state index in [2.05, 4.69) is 29.0 Å². The van der Waals surface area contributed by atoms with Crippen LogP contribution in [0.2, 0.25) is 0 Å². The van der Waals surface area contributed by atoms with Crippen molar-refractivity contribution in [2.45, 2.75) is 57.7 Å². The Morgan fingerprint density at radius 3 is 2.44 bits per heavy atom. The number of likely N-dealkylation sites (tertiary alicyclic amines) is 2. The van der Waals surface area contributed by atoms with Crippen LogP contribution in [0.25, 0.3) is 0 Å². The van der Waals surface area contributed by atoms with Crippen molar-refractivity contribution in [3.63, 3.8) is 0 Å². The van der Waals surface area contributed by atoms with E-state index in [9.17, 15) is 4.79 Å². The molecule has 2 rings (SSSR count). The quantitative estimate of drug-likeness (QED) is 0.817. The smallest absolute Gasteiger partial charge is 0.237 e. The van der Waals surface area contributed by atoms with Crippen molar-refractivity contribution < 1.29 is 4.79 Å². The fourth-order valence-electron chi connectivity index (χ4n) is 3.40. The standard InChI is InChI=1S/C14H27N3O/c1-11-5-4-6-12(2)17(11)14(18)10-16-8-7-13(9-16)15-3/h11-13,15H,4-10H2,1-3H3. The van der Waals surface area contributed by atoms with Gasteiger partial charge in [0.15, 0.2) is 0 Å². The number of carbonyl (C=O) groups excluding carboxylic acids is 1. The van der Waals surface area contributed by atoms with Crippen LogP contribution in [0, 0.1) is 0 Å². The van der Waals surface area contributed by atoms with Gasteiger partial charge in [0.1, 0.15) is 0 Å². The van der Waals surface area contributed by atoms with Crippen LogP contribution in [0.3, 0.4) is 0 Å². The molecule has 2 aliphatic rings. The van der Waals surface area contributed by atoms with Gasteiger partial charge in [-0.25, -0.2) is 0 Å². The Morgan fingerprint density at radius 2 is 1.89 bits per heavy atom. The zero-order valence-corrected chi connectivity index (χ0v) is 12.0. The molecule has 0 aromatic heterocycles. The third-order valence-corrected chi connectivity index (χ3v) is 4.52. The van der Waals surface area contributed by atoms with E-state index in [-0.39, 0.29) is 0 Å². The van der Waals surface area contributed by atoms with E-state index >= 15 is 0 Å². The van der Waals surface area contributed by atoms with E-state index in [0.717, 1.165) is 32.4 Å². The number of hydrogen-bond donors (Lipinski definition) is 1. The molecule has 0 bridgehead atoms. The van der Waals surface area contributed by atoms with Crippen LogP contribution in [0.15, 0.2) is 0 Å². The predicted octanol–water partition coefficient (Wildman–Crippen LogP) is 1.07. The summed E-state index contributed by atoms with van der Waals surface area (Å²) in [6.45, 7) is 7.04. The summed E-state index contributed by atoms with van der Waals surface area (Å²) in [6.07, 6.45) is 4.75. The first kappa shape index (κ1) is 13.8. The molecule has 3 atom stereocenters. The molecule has 2 heterocycles. The highest BCUT2D eigenvalue weighted by molar-refractivity contribution is 5.79. The maximum Gasteiger partial charge on any atom is 0.237 e. The SMILES string of the molecule is CNC1CCN(CC(=O)N2C(C)CCCC2C)C1. The Labute approximate surface area is 111 Å². The van der Waals surface area contributed by atoms with Gasteiger partial charge >= 0.3 is 0 Å². The first-order chi connectivity index (χ1) is 8.61. The van der Waals surface area contributed by atoms with Gasteiger partial charge < -0.3 is 10.2 Å². The molecule has 0 aromatic carbocycles. The summed E-state index contributed by atoms with van der Waals surface area (Å²) in [5, 5.41) is 3.30. The molecule has 104 valence electrons. The fourth-order valence-corrected chi connectivity index (χ4v) is 3.40. The van der Waals surface area contributed by atoms with E-state index in [1.54, 1.807) is 0 Å². The molecule has 2 fully saturated rings. The molecule has 3 unspecified atom stereocenters. The van der Waals surface area contributed by atoms with Crippen molar-refractivity contribution in [3.8, 4) is 0 Å². The van der Waals surface area contributed by atoms with Crippen LogP contribution in [0.1, 0.15) is 39.5 Å². The minimum atomic E-state index is 0.325. The maximum atomic E-state index is 12.4. The third-order valence-electron chi connectivity index (χ3n) is 4.52. The summed E-state index contributed by atoms with van der Waals surface area (Å²) < 4.78 is 0. The minimum Gasteiger partial charge on any atom is -0.336 e. The number of rotatable bonds is 3. The van der Waals surface area contributed by atoms with Gasteiger partial charge in [0.05, 0.1) is 6.54 Å². The Balaban J connectivity index is 1.87. The second kappa shape index (κ2) is 6.02. The van der Waals surface area contributed by atoms with Gasteiger partial charge in [0.25, 0.3) is 0 Å². The predicted molar refractivity (Wildman–Crippen MR) is 73.5 cm³/mol. The minimum absolute atomic E-state index is 0.325. The van der Waals surface area contributed by atoms with Gasteiger partial charge in [-0.2, -0.15) is 0 Å². The molecule has 2 saturated heterocycles. The van der Waals surface area contributed by atoms with Crippen molar-refractivity contribution in [3.05, 3.63) is 0 Å². The van der Waals surface area contributed by atoms with Crippen LogP contribution in [0.4, 0.5) is 0 Å². The Hall–Kier alpha value is -0.610. The number of likely N-dealkylation sites (N-methyl/N-ethyl adjacent to an activating group) is 1. The van der Waals surface area contributed by atoms with Gasteiger partial charge in [-0.05, 0) is 46.6 Å². The molecule has 0 aromatic rings. The highest BCUT2D eigenvalue weighted by atomic mass is 16.2. The zero-order chi connectivity index (χ0) is 13.1. The molecule has 0 aliphatic carbocycles. The van der Waals surface area contributed by atoms with Crippen LogP contribution in [0.5, 0.6) is 0 Å². The Kier molecular flexibility index (Phi) is 4.62. The van der Waals surface area contributed by atoms with Crippen LogP contribution in [-0.2, 0) is 4.79 Å².